The molecule has 4 aromatic rings. The van der Waals surface area contributed by atoms with Crippen LogP contribution in [0.1, 0.15) is 21.6 Å². The summed E-state index contributed by atoms with van der Waals surface area (Å²) in [6.07, 6.45) is 3.10. The summed E-state index contributed by atoms with van der Waals surface area (Å²) in [5.41, 5.74) is 2.10. The Labute approximate surface area is 181 Å². The Morgan fingerprint density at radius 1 is 1.23 bits per heavy atom. The van der Waals surface area contributed by atoms with Gasteiger partial charge in [0.25, 0.3) is 5.91 Å². The van der Waals surface area contributed by atoms with Crippen LogP contribution in [0, 0.1) is 12.7 Å². The first-order valence-corrected chi connectivity index (χ1v) is 9.56. The highest BCUT2D eigenvalue weighted by Gasteiger charge is 2.21. The van der Waals surface area contributed by atoms with Gasteiger partial charge in [0.1, 0.15) is 6.61 Å². The molecule has 0 fully saturated rings. The van der Waals surface area contributed by atoms with Crippen molar-refractivity contribution in [2.24, 2.45) is 0 Å². The SMILES string of the molecule is COc1n[nH]c2ncc(NC(=O)c3c(Cl)ccc(OCc4ccc(C)cn4)c3F)cc12. The third-order valence-corrected chi connectivity index (χ3v) is 4.78. The fourth-order valence-electron chi connectivity index (χ4n) is 2.89. The number of aromatic nitrogens is 4. The highest BCUT2D eigenvalue weighted by Crippen LogP contribution is 2.29. The number of hydrogen-bond donors (Lipinski definition) is 2. The van der Waals surface area contributed by atoms with Gasteiger partial charge in [-0.15, -0.1) is 5.10 Å². The van der Waals surface area contributed by atoms with Crippen molar-refractivity contribution in [2.75, 3.05) is 12.4 Å². The Hall–Kier alpha value is -3.72. The molecule has 10 heteroatoms. The molecule has 0 aliphatic heterocycles. The minimum atomic E-state index is -0.868. The van der Waals surface area contributed by atoms with Gasteiger partial charge in [-0.3, -0.25) is 14.9 Å². The molecule has 2 N–H and O–H groups in total. The number of nitrogens with zero attached hydrogens (tertiary/aromatic N) is 3. The lowest BCUT2D eigenvalue weighted by Gasteiger charge is -2.12. The van der Waals surface area contributed by atoms with Gasteiger partial charge in [-0.2, -0.15) is 0 Å². The minimum absolute atomic E-state index is 0.0424. The molecule has 1 aromatic carbocycles. The fourth-order valence-corrected chi connectivity index (χ4v) is 3.12. The Balaban J connectivity index is 1.56. The number of nitrogens with one attached hydrogen (secondary N) is 2. The molecule has 0 atom stereocenters. The number of hydrogen-bond acceptors (Lipinski definition) is 6. The van der Waals surface area contributed by atoms with Crippen molar-refractivity contribution >= 4 is 34.2 Å². The number of carbonyl (C=O) groups is 1. The normalized spacial score (nSPS) is 10.8. The summed E-state index contributed by atoms with van der Waals surface area (Å²) in [4.78, 5) is 21.1. The van der Waals surface area contributed by atoms with Crippen molar-refractivity contribution in [2.45, 2.75) is 13.5 Å². The number of H-pyrrole nitrogens is 1. The molecule has 31 heavy (non-hydrogen) atoms. The van der Waals surface area contributed by atoms with E-state index in [2.05, 4.69) is 25.5 Å². The van der Waals surface area contributed by atoms with Crippen molar-refractivity contribution in [3.05, 3.63) is 70.4 Å². The predicted molar refractivity (Wildman–Crippen MR) is 113 cm³/mol. The van der Waals surface area contributed by atoms with Gasteiger partial charge < -0.3 is 14.8 Å². The standard InChI is InChI=1S/C21H17ClFN5O3/c1-11-3-4-12(24-8-11)10-31-16-6-5-15(22)17(18(16)23)20(29)26-13-7-14-19(25-9-13)27-28-21(14)30-2/h3-9H,10H2,1-2H3,(H,26,29)(H,25,27,28). The maximum atomic E-state index is 15.0. The van der Waals surface area contributed by atoms with E-state index in [-0.39, 0.29) is 22.9 Å². The van der Waals surface area contributed by atoms with Gasteiger partial charge in [-0.1, -0.05) is 17.7 Å². The maximum absolute atomic E-state index is 15.0. The topological polar surface area (TPSA) is 102 Å². The zero-order valence-electron chi connectivity index (χ0n) is 16.6. The van der Waals surface area contributed by atoms with Gasteiger partial charge in [-0.05, 0) is 36.8 Å². The third-order valence-electron chi connectivity index (χ3n) is 4.46. The molecule has 4 rings (SSSR count). The number of halogens is 2. The van der Waals surface area contributed by atoms with E-state index in [1.165, 1.54) is 25.4 Å². The number of aromatic amines is 1. The van der Waals surface area contributed by atoms with Crippen LogP contribution in [-0.4, -0.2) is 33.2 Å². The monoisotopic (exact) mass is 441 g/mol. The summed E-state index contributed by atoms with van der Waals surface area (Å²) < 4.78 is 25.7. The molecule has 0 radical (unpaired) electrons. The molecule has 3 aromatic heterocycles. The number of ether oxygens (including phenoxy) is 2. The van der Waals surface area contributed by atoms with Gasteiger partial charge in [0.05, 0.1) is 40.7 Å². The van der Waals surface area contributed by atoms with E-state index in [9.17, 15) is 4.79 Å². The number of methoxy groups -OCH3 is 1. The van der Waals surface area contributed by atoms with Gasteiger partial charge in [0, 0.05) is 6.20 Å². The lowest BCUT2D eigenvalue weighted by Crippen LogP contribution is -2.15. The first-order valence-electron chi connectivity index (χ1n) is 9.18. The number of benzene rings is 1. The number of anilines is 1. The molecule has 1 amide bonds. The van der Waals surface area contributed by atoms with E-state index in [1.54, 1.807) is 18.3 Å². The van der Waals surface area contributed by atoms with Crippen LogP contribution >= 0.6 is 11.6 Å². The number of pyridine rings is 2. The van der Waals surface area contributed by atoms with Gasteiger partial charge in [0.2, 0.25) is 5.88 Å². The maximum Gasteiger partial charge on any atom is 0.260 e. The van der Waals surface area contributed by atoms with E-state index < -0.39 is 11.7 Å². The molecule has 8 nitrogen and oxygen atoms in total. The second-order valence-electron chi connectivity index (χ2n) is 6.66. The molecule has 0 saturated heterocycles. The molecular weight excluding hydrogens is 425 g/mol. The molecule has 158 valence electrons. The van der Waals surface area contributed by atoms with Crippen LogP contribution in [0.15, 0.2) is 42.7 Å². The molecule has 0 spiro atoms. The number of aryl methyl sites for hydroxylation is 1. The zero-order valence-corrected chi connectivity index (χ0v) is 17.3. The highest BCUT2D eigenvalue weighted by atomic mass is 35.5. The van der Waals surface area contributed by atoms with Crippen molar-refractivity contribution < 1.29 is 18.7 Å². The molecule has 0 unspecified atom stereocenters. The Bertz CT molecular complexity index is 1260. The second-order valence-corrected chi connectivity index (χ2v) is 7.06. The Morgan fingerprint density at radius 2 is 2.06 bits per heavy atom. The molecular formula is C21H17ClFN5O3. The summed E-state index contributed by atoms with van der Waals surface area (Å²) >= 11 is 6.10. The number of carbonyl (C=O) groups excluding carboxylic acids is 1. The summed E-state index contributed by atoms with van der Waals surface area (Å²) in [5, 5.41) is 9.77. The largest absolute Gasteiger partial charge is 0.484 e. The number of fused-ring (bicyclic) bond motifs is 1. The van der Waals surface area contributed by atoms with Crippen LogP contribution in [0.3, 0.4) is 0 Å². The van der Waals surface area contributed by atoms with E-state index in [0.29, 0.717) is 28.3 Å². The second kappa shape index (κ2) is 8.57. The molecule has 0 saturated carbocycles. The predicted octanol–water partition coefficient (Wildman–Crippen LogP) is 4.29. The lowest BCUT2D eigenvalue weighted by molar-refractivity contribution is 0.102. The van der Waals surface area contributed by atoms with E-state index in [4.69, 9.17) is 21.1 Å². The van der Waals surface area contributed by atoms with Crippen molar-refractivity contribution in [3.8, 4) is 11.6 Å². The van der Waals surface area contributed by atoms with Crippen LogP contribution in [0.5, 0.6) is 11.6 Å². The molecule has 0 aliphatic rings. The van der Waals surface area contributed by atoms with Crippen LogP contribution in [0.2, 0.25) is 5.02 Å². The van der Waals surface area contributed by atoms with Crippen molar-refractivity contribution in [3.63, 3.8) is 0 Å². The van der Waals surface area contributed by atoms with Crippen LogP contribution in [-0.2, 0) is 6.61 Å². The van der Waals surface area contributed by atoms with E-state index in [1.807, 2.05) is 13.0 Å². The average molecular weight is 442 g/mol. The summed E-state index contributed by atoms with van der Waals surface area (Å²) in [7, 11) is 1.47. The number of rotatable bonds is 6. The zero-order chi connectivity index (χ0) is 22.0. The van der Waals surface area contributed by atoms with Gasteiger partial charge in [0.15, 0.2) is 17.2 Å². The van der Waals surface area contributed by atoms with E-state index >= 15 is 4.39 Å². The first-order chi connectivity index (χ1) is 15.0. The Kier molecular flexibility index (Phi) is 5.68. The molecule has 0 bridgehead atoms. The summed E-state index contributed by atoms with van der Waals surface area (Å²) in [6.45, 7) is 1.96. The van der Waals surface area contributed by atoms with Gasteiger partial charge >= 0.3 is 0 Å². The molecule has 0 aliphatic carbocycles. The van der Waals surface area contributed by atoms with Crippen molar-refractivity contribution in [1.29, 1.82) is 0 Å². The smallest absolute Gasteiger partial charge is 0.260 e. The lowest BCUT2D eigenvalue weighted by atomic mass is 10.1. The molecule has 3 heterocycles. The summed E-state index contributed by atoms with van der Waals surface area (Å²) in [5.74, 6) is -1.40. The quantitative estimate of drug-likeness (QED) is 0.462. The van der Waals surface area contributed by atoms with Gasteiger partial charge in [-0.25, -0.2) is 9.37 Å². The summed E-state index contributed by atoms with van der Waals surface area (Å²) in [6, 6.07) is 8.04. The van der Waals surface area contributed by atoms with Crippen molar-refractivity contribution in [1.82, 2.24) is 20.2 Å². The Morgan fingerprint density at radius 3 is 2.81 bits per heavy atom. The fraction of sp³-hybridized carbons (Fsp3) is 0.143. The first kappa shape index (κ1) is 20.5. The number of amides is 1. The van der Waals surface area contributed by atoms with Crippen LogP contribution in [0.4, 0.5) is 10.1 Å². The third kappa shape index (κ3) is 4.26. The van der Waals surface area contributed by atoms with Crippen LogP contribution in [0.25, 0.3) is 11.0 Å². The van der Waals surface area contributed by atoms with Crippen LogP contribution < -0.4 is 14.8 Å². The highest BCUT2D eigenvalue weighted by molar-refractivity contribution is 6.34. The minimum Gasteiger partial charge on any atom is -0.484 e. The van der Waals surface area contributed by atoms with E-state index in [0.717, 1.165) is 5.56 Å². The average Bonchev–Trinajstić information content (AvgIpc) is 3.17.